The monoisotopic (exact) mass is 453 g/mol. The molecule has 0 heterocycles. The Hall–Kier alpha value is -4.78. The number of anilines is 1. The van der Waals surface area contributed by atoms with Gasteiger partial charge in [-0.25, -0.2) is 9.82 Å². The molecule has 0 spiro atoms. The second kappa shape index (κ2) is 10.7. The van der Waals surface area contributed by atoms with Gasteiger partial charge in [-0.05, 0) is 72.3 Å². The number of carbonyl (C=O) groups excluding carboxylic acids is 2. The van der Waals surface area contributed by atoms with E-state index in [1.54, 1.807) is 24.3 Å². The standard InChI is InChI=1S/C27H20FN3O3/c28-22-14-12-20(13-15-22)26(32)30-23-8-5-7-21(17-23)27(33)31-29-18-19-6-4-11-25(16-19)34-24-9-2-1-3-10-24/h1-18H,(H,30,32)(H,31,33)/b29-18-. The van der Waals surface area contributed by atoms with Crippen LogP contribution in [0, 0.1) is 5.82 Å². The Kier molecular flexibility index (Phi) is 7.05. The summed E-state index contributed by atoms with van der Waals surface area (Å²) in [5.41, 5.74) is 4.26. The quantitative estimate of drug-likeness (QED) is 0.281. The molecule has 0 aliphatic heterocycles. The molecule has 7 heteroatoms. The van der Waals surface area contributed by atoms with Gasteiger partial charge in [-0.1, -0.05) is 36.4 Å². The molecule has 0 radical (unpaired) electrons. The third-order valence-electron chi connectivity index (χ3n) is 4.71. The Bertz CT molecular complexity index is 1320. The minimum Gasteiger partial charge on any atom is -0.457 e. The summed E-state index contributed by atoms with van der Waals surface area (Å²) in [6, 6.07) is 28.3. The number of hydrogen-bond acceptors (Lipinski definition) is 4. The van der Waals surface area contributed by atoms with E-state index in [4.69, 9.17) is 4.74 Å². The minimum absolute atomic E-state index is 0.305. The van der Waals surface area contributed by atoms with Gasteiger partial charge in [0.2, 0.25) is 0 Å². The van der Waals surface area contributed by atoms with Crippen molar-refractivity contribution in [2.75, 3.05) is 5.32 Å². The maximum Gasteiger partial charge on any atom is 0.271 e. The first-order valence-electron chi connectivity index (χ1n) is 10.4. The van der Waals surface area contributed by atoms with Crippen molar-refractivity contribution in [2.24, 2.45) is 5.10 Å². The normalized spacial score (nSPS) is 10.6. The fourth-order valence-electron chi connectivity index (χ4n) is 3.06. The predicted octanol–water partition coefficient (Wildman–Crippen LogP) is 5.63. The molecule has 0 aliphatic carbocycles. The Balaban J connectivity index is 1.36. The number of hydrogen-bond donors (Lipinski definition) is 2. The van der Waals surface area contributed by atoms with Crippen molar-refractivity contribution in [2.45, 2.75) is 0 Å². The van der Waals surface area contributed by atoms with Crippen LogP contribution in [0.3, 0.4) is 0 Å². The van der Waals surface area contributed by atoms with E-state index in [1.165, 1.54) is 36.5 Å². The van der Waals surface area contributed by atoms with Crippen molar-refractivity contribution in [3.8, 4) is 11.5 Å². The van der Waals surface area contributed by atoms with Gasteiger partial charge in [-0.15, -0.1) is 0 Å². The summed E-state index contributed by atoms with van der Waals surface area (Å²) in [4.78, 5) is 24.8. The molecule has 2 amide bonds. The van der Waals surface area contributed by atoms with E-state index in [0.717, 1.165) is 11.3 Å². The fourth-order valence-corrected chi connectivity index (χ4v) is 3.06. The molecule has 0 bridgehead atoms. The molecule has 0 atom stereocenters. The number of nitrogens with zero attached hydrogens (tertiary/aromatic N) is 1. The van der Waals surface area contributed by atoms with Gasteiger partial charge in [0.25, 0.3) is 11.8 Å². The number of amides is 2. The summed E-state index contributed by atoms with van der Waals surface area (Å²) in [6.07, 6.45) is 1.51. The lowest BCUT2D eigenvalue weighted by atomic mass is 10.1. The summed E-state index contributed by atoms with van der Waals surface area (Å²) in [6.45, 7) is 0. The van der Waals surface area contributed by atoms with Crippen LogP contribution in [-0.4, -0.2) is 18.0 Å². The highest BCUT2D eigenvalue weighted by atomic mass is 19.1. The van der Waals surface area contributed by atoms with E-state index < -0.39 is 17.6 Å². The highest BCUT2D eigenvalue weighted by molar-refractivity contribution is 6.05. The first kappa shape index (κ1) is 22.4. The van der Waals surface area contributed by atoms with Crippen LogP contribution in [0.4, 0.5) is 10.1 Å². The van der Waals surface area contributed by atoms with E-state index >= 15 is 0 Å². The molecule has 0 unspecified atom stereocenters. The van der Waals surface area contributed by atoms with Crippen LogP contribution >= 0.6 is 0 Å². The van der Waals surface area contributed by atoms with E-state index in [2.05, 4.69) is 15.8 Å². The zero-order valence-electron chi connectivity index (χ0n) is 17.9. The van der Waals surface area contributed by atoms with Crippen molar-refractivity contribution in [3.05, 3.63) is 126 Å². The Morgan fingerprint density at radius 2 is 1.47 bits per heavy atom. The van der Waals surface area contributed by atoms with Crippen molar-refractivity contribution >= 4 is 23.7 Å². The maximum absolute atomic E-state index is 13.0. The van der Waals surface area contributed by atoms with Crippen LogP contribution in [-0.2, 0) is 0 Å². The molecule has 0 aliphatic rings. The molecule has 4 aromatic carbocycles. The summed E-state index contributed by atoms with van der Waals surface area (Å²) >= 11 is 0. The molecule has 2 N–H and O–H groups in total. The predicted molar refractivity (Wildman–Crippen MR) is 129 cm³/mol. The molecule has 4 rings (SSSR count). The smallest absolute Gasteiger partial charge is 0.271 e. The van der Waals surface area contributed by atoms with Gasteiger partial charge in [-0.3, -0.25) is 9.59 Å². The molecule has 0 fully saturated rings. The molecule has 34 heavy (non-hydrogen) atoms. The molecule has 6 nitrogen and oxygen atoms in total. The lowest BCUT2D eigenvalue weighted by molar-refractivity contribution is 0.0953. The molecule has 0 saturated heterocycles. The number of nitrogens with one attached hydrogen (secondary N) is 2. The number of halogens is 1. The zero-order valence-corrected chi connectivity index (χ0v) is 17.9. The van der Waals surface area contributed by atoms with Crippen LogP contribution in [0.5, 0.6) is 11.5 Å². The molecule has 168 valence electrons. The molecule has 0 saturated carbocycles. The molecular formula is C27H20FN3O3. The molecule has 4 aromatic rings. The third kappa shape index (κ3) is 6.14. The van der Waals surface area contributed by atoms with Gasteiger partial charge in [-0.2, -0.15) is 5.10 Å². The van der Waals surface area contributed by atoms with Gasteiger partial charge in [0.15, 0.2) is 0 Å². The Morgan fingerprint density at radius 3 is 2.26 bits per heavy atom. The van der Waals surface area contributed by atoms with Crippen molar-refractivity contribution in [1.82, 2.24) is 5.43 Å². The summed E-state index contributed by atoms with van der Waals surface area (Å²) in [5.74, 6) is 0.0904. The number of benzene rings is 4. The van der Waals surface area contributed by atoms with Crippen molar-refractivity contribution in [3.63, 3.8) is 0 Å². The SMILES string of the molecule is O=C(N/N=C\c1cccc(Oc2ccccc2)c1)c1cccc(NC(=O)c2ccc(F)cc2)c1. The second-order valence-electron chi connectivity index (χ2n) is 7.23. The average Bonchev–Trinajstić information content (AvgIpc) is 2.85. The van der Waals surface area contributed by atoms with Crippen molar-refractivity contribution < 1.29 is 18.7 Å². The van der Waals surface area contributed by atoms with Gasteiger partial charge in [0.1, 0.15) is 17.3 Å². The summed E-state index contributed by atoms with van der Waals surface area (Å²) < 4.78 is 18.8. The number of hydrazone groups is 1. The number of para-hydroxylation sites is 1. The molecule has 0 aromatic heterocycles. The van der Waals surface area contributed by atoms with Crippen molar-refractivity contribution in [1.29, 1.82) is 0 Å². The first-order valence-corrected chi connectivity index (χ1v) is 10.4. The number of rotatable bonds is 7. The van der Waals surface area contributed by atoms with Crippen LogP contribution < -0.4 is 15.5 Å². The van der Waals surface area contributed by atoms with Crippen LogP contribution in [0.1, 0.15) is 26.3 Å². The minimum atomic E-state index is -0.439. The number of carbonyl (C=O) groups is 2. The van der Waals surface area contributed by atoms with Gasteiger partial charge in [0.05, 0.1) is 6.21 Å². The highest BCUT2D eigenvalue weighted by Crippen LogP contribution is 2.21. The lowest BCUT2D eigenvalue weighted by Crippen LogP contribution is -2.18. The average molecular weight is 453 g/mol. The summed E-state index contributed by atoms with van der Waals surface area (Å²) in [5, 5.41) is 6.70. The molecular weight excluding hydrogens is 433 g/mol. The first-order chi connectivity index (χ1) is 16.6. The fraction of sp³-hybridized carbons (Fsp3) is 0. The van der Waals surface area contributed by atoms with Crippen LogP contribution in [0.25, 0.3) is 0 Å². The lowest BCUT2D eigenvalue weighted by Gasteiger charge is -2.07. The van der Waals surface area contributed by atoms with E-state index in [1.807, 2.05) is 48.5 Å². The second-order valence-corrected chi connectivity index (χ2v) is 7.23. The van der Waals surface area contributed by atoms with E-state index in [0.29, 0.717) is 22.6 Å². The summed E-state index contributed by atoms with van der Waals surface area (Å²) in [7, 11) is 0. The largest absolute Gasteiger partial charge is 0.457 e. The van der Waals surface area contributed by atoms with E-state index in [9.17, 15) is 14.0 Å². The van der Waals surface area contributed by atoms with Crippen LogP contribution in [0.2, 0.25) is 0 Å². The third-order valence-corrected chi connectivity index (χ3v) is 4.71. The highest BCUT2D eigenvalue weighted by Gasteiger charge is 2.09. The van der Waals surface area contributed by atoms with E-state index in [-0.39, 0.29) is 0 Å². The number of ether oxygens (including phenoxy) is 1. The topological polar surface area (TPSA) is 79.8 Å². The Labute approximate surface area is 195 Å². The van der Waals surface area contributed by atoms with Gasteiger partial charge in [0, 0.05) is 16.8 Å². The van der Waals surface area contributed by atoms with Crippen LogP contribution in [0.15, 0.2) is 108 Å². The van der Waals surface area contributed by atoms with Gasteiger partial charge < -0.3 is 10.1 Å². The zero-order chi connectivity index (χ0) is 23.8. The Morgan fingerprint density at radius 1 is 0.735 bits per heavy atom. The maximum atomic E-state index is 13.0. The van der Waals surface area contributed by atoms with Gasteiger partial charge >= 0.3 is 0 Å².